The first-order valence-electron chi connectivity index (χ1n) is 11.1. The third kappa shape index (κ3) is 4.62. The molecule has 174 valence electrons. The zero-order valence-corrected chi connectivity index (χ0v) is 18.7. The van der Waals surface area contributed by atoms with Crippen LogP contribution in [0.1, 0.15) is 54.4 Å². The zero-order chi connectivity index (χ0) is 23.0. The number of carbonyl (C=O) groups is 1. The molecule has 4 rings (SSSR count). The van der Waals surface area contributed by atoms with Crippen LogP contribution in [0.4, 0.5) is 13.2 Å². The lowest BCUT2D eigenvalue weighted by Gasteiger charge is -2.38. The van der Waals surface area contributed by atoms with Crippen LogP contribution >= 0.6 is 0 Å². The molecule has 0 saturated carbocycles. The topological polar surface area (TPSA) is 50.6 Å². The molecule has 3 heterocycles. The number of aromatic nitrogens is 2. The number of likely N-dealkylation sites (tertiary alicyclic amines) is 2. The maximum absolute atomic E-state index is 13.3. The summed E-state index contributed by atoms with van der Waals surface area (Å²) < 4.78 is 43.3. The van der Waals surface area contributed by atoms with Crippen molar-refractivity contribution in [1.29, 1.82) is 0 Å². The fourth-order valence-electron chi connectivity index (χ4n) is 5.07. The lowest BCUT2D eigenvalue weighted by molar-refractivity contribution is -0.274. The number of rotatable bonds is 4. The van der Waals surface area contributed by atoms with Crippen molar-refractivity contribution in [3.8, 4) is 11.4 Å². The van der Waals surface area contributed by atoms with Crippen LogP contribution in [0.2, 0.25) is 0 Å². The zero-order valence-electron chi connectivity index (χ0n) is 18.7. The van der Waals surface area contributed by atoms with Crippen molar-refractivity contribution in [3.05, 3.63) is 41.2 Å². The number of amides is 1. The van der Waals surface area contributed by atoms with Gasteiger partial charge in [0.2, 0.25) is 0 Å². The summed E-state index contributed by atoms with van der Waals surface area (Å²) in [6, 6.07) is 6.75. The maximum atomic E-state index is 13.3. The van der Waals surface area contributed by atoms with E-state index in [-0.39, 0.29) is 11.7 Å². The molecule has 0 aliphatic carbocycles. The lowest BCUT2D eigenvalue weighted by atomic mass is 10.0. The number of benzene rings is 1. The van der Waals surface area contributed by atoms with Crippen LogP contribution < -0.4 is 4.74 Å². The second-order valence-electron chi connectivity index (χ2n) is 8.76. The molecule has 2 aliphatic heterocycles. The Morgan fingerprint density at radius 2 is 1.84 bits per heavy atom. The van der Waals surface area contributed by atoms with Crippen molar-refractivity contribution in [3.63, 3.8) is 0 Å². The van der Waals surface area contributed by atoms with Gasteiger partial charge in [-0.25, -0.2) is 4.68 Å². The number of alkyl halides is 3. The van der Waals surface area contributed by atoms with Gasteiger partial charge < -0.3 is 9.64 Å². The predicted molar refractivity (Wildman–Crippen MR) is 114 cm³/mol. The number of carbonyl (C=O) groups excluding carboxylic acids is 1. The minimum atomic E-state index is -4.77. The molecule has 9 heteroatoms. The summed E-state index contributed by atoms with van der Waals surface area (Å²) in [7, 11) is 0. The van der Waals surface area contributed by atoms with Crippen LogP contribution in [0.15, 0.2) is 24.3 Å². The number of hydrogen-bond acceptors (Lipinski definition) is 4. The smallest absolute Gasteiger partial charge is 0.406 e. The normalized spacial score (nSPS) is 20.7. The molecule has 2 saturated heterocycles. The molecule has 2 aromatic rings. The van der Waals surface area contributed by atoms with Gasteiger partial charge in [0.15, 0.2) is 0 Å². The Balaban J connectivity index is 1.50. The van der Waals surface area contributed by atoms with E-state index in [0.717, 1.165) is 19.4 Å². The van der Waals surface area contributed by atoms with Crippen LogP contribution in [0, 0.1) is 13.8 Å². The molecular weight excluding hydrogens is 421 g/mol. The molecule has 1 atom stereocenters. The van der Waals surface area contributed by atoms with E-state index in [9.17, 15) is 18.0 Å². The molecule has 0 spiro atoms. The highest BCUT2D eigenvalue weighted by Crippen LogP contribution is 2.29. The summed E-state index contributed by atoms with van der Waals surface area (Å²) in [6.45, 7) is 8.34. The van der Waals surface area contributed by atoms with Crippen LogP contribution in [-0.2, 0) is 0 Å². The first-order valence-corrected chi connectivity index (χ1v) is 11.1. The van der Waals surface area contributed by atoms with Crippen LogP contribution in [0.25, 0.3) is 5.69 Å². The molecule has 0 unspecified atom stereocenters. The summed E-state index contributed by atoms with van der Waals surface area (Å²) in [6.07, 6.45) is -0.370. The van der Waals surface area contributed by atoms with Gasteiger partial charge in [-0.15, -0.1) is 13.2 Å². The summed E-state index contributed by atoms with van der Waals surface area (Å²) in [5.74, 6) is -0.393. The van der Waals surface area contributed by atoms with Crippen molar-refractivity contribution in [1.82, 2.24) is 19.6 Å². The molecule has 2 aliphatic rings. The monoisotopic (exact) mass is 450 g/mol. The molecule has 1 aromatic carbocycles. The Labute approximate surface area is 185 Å². The van der Waals surface area contributed by atoms with E-state index in [1.165, 1.54) is 35.7 Å². The number of hydrogen-bond donors (Lipinski definition) is 0. The Morgan fingerprint density at radius 1 is 1.12 bits per heavy atom. The summed E-state index contributed by atoms with van der Waals surface area (Å²) in [4.78, 5) is 17.8. The molecule has 1 amide bonds. The lowest BCUT2D eigenvalue weighted by Crippen LogP contribution is -2.47. The van der Waals surface area contributed by atoms with Crippen LogP contribution in [0.3, 0.4) is 0 Å². The van der Waals surface area contributed by atoms with E-state index in [1.807, 2.05) is 4.90 Å². The van der Waals surface area contributed by atoms with Gasteiger partial charge >= 0.3 is 6.36 Å². The number of nitrogens with zero attached hydrogens (tertiary/aromatic N) is 4. The van der Waals surface area contributed by atoms with Crippen molar-refractivity contribution in [2.75, 3.05) is 19.6 Å². The fraction of sp³-hybridized carbons (Fsp3) is 0.565. The second-order valence-corrected chi connectivity index (χ2v) is 8.76. The van der Waals surface area contributed by atoms with E-state index in [4.69, 9.17) is 0 Å². The van der Waals surface area contributed by atoms with Crippen LogP contribution in [0.5, 0.6) is 5.75 Å². The highest BCUT2D eigenvalue weighted by Gasteiger charge is 2.34. The number of ether oxygens (including phenoxy) is 1. The van der Waals surface area contributed by atoms with Crippen molar-refractivity contribution >= 4 is 5.91 Å². The average Bonchev–Trinajstić information content (AvgIpc) is 3.29. The molecule has 0 radical (unpaired) electrons. The first kappa shape index (κ1) is 22.6. The molecule has 2 fully saturated rings. The minimum absolute atomic E-state index is 0.0677. The van der Waals surface area contributed by atoms with E-state index in [1.54, 1.807) is 19.9 Å². The molecule has 0 N–H and O–H groups in total. The first-order chi connectivity index (χ1) is 15.1. The third-order valence-corrected chi connectivity index (χ3v) is 6.63. The summed E-state index contributed by atoms with van der Waals surface area (Å²) in [5, 5.41) is 4.45. The third-order valence-electron chi connectivity index (χ3n) is 6.63. The molecule has 6 nitrogen and oxygen atoms in total. The average molecular weight is 451 g/mol. The number of halogens is 3. The summed E-state index contributed by atoms with van der Waals surface area (Å²) in [5.41, 5.74) is 2.09. The molecule has 0 bridgehead atoms. The van der Waals surface area contributed by atoms with Gasteiger partial charge in [0.1, 0.15) is 5.75 Å². The van der Waals surface area contributed by atoms with Gasteiger partial charge in [0.25, 0.3) is 5.91 Å². The Morgan fingerprint density at radius 3 is 2.47 bits per heavy atom. The number of aryl methyl sites for hydroxylation is 1. The van der Waals surface area contributed by atoms with Gasteiger partial charge in [-0.3, -0.25) is 9.69 Å². The second kappa shape index (κ2) is 8.77. The van der Waals surface area contributed by atoms with E-state index in [2.05, 4.69) is 21.7 Å². The van der Waals surface area contributed by atoms with Gasteiger partial charge in [-0.1, -0.05) is 6.07 Å². The minimum Gasteiger partial charge on any atom is -0.406 e. The maximum Gasteiger partial charge on any atom is 0.573 e. The van der Waals surface area contributed by atoms with Gasteiger partial charge in [-0.2, -0.15) is 5.10 Å². The Bertz CT molecular complexity index is 980. The van der Waals surface area contributed by atoms with Crippen LogP contribution in [-0.4, -0.2) is 63.6 Å². The van der Waals surface area contributed by atoms with Gasteiger partial charge in [0.05, 0.1) is 22.6 Å². The molecular formula is C23H29F3N4O2. The van der Waals surface area contributed by atoms with Crippen molar-refractivity contribution in [2.45, 2.75) is 64.9 Å². The Kier molecular flexibility index (Phi) is 6.20. The summed E-state index contributed by atoms with van der Waals surface area (Å²) >= 11 is 0. The van der Waals surface area contributed by atoms with E-state index >= 15 is 0 Å². The quantitative estimate of drug-likeness (QED) is 0.690. The van der Waals surface area contributed by atoms with Crippen molar-refractivity contribution < 1.29 is 22.7 Å². The number of piperidine rings is 1. The molecule has 1 aromatic heterocycles. The fourth-order valence-corrected chi connectivity index (χ4v) is 5.07. The van der Waals surface area contributed by atoms with E-state index in [0.29, 0.717) is 47.8 Å². The van der Waals surface area contributed by atoms with E-state index < -0.39 is 6.36 Å². The highest BCUT2D eigenvalue weighted by atomic mass is 19.4. The van der Waals surface area contributed by atoms with Crippen molar-refractivity contribution in [2.24, 2.45) is 0 Å². The SMILES string of the molecule is Cc1nn(-c2cccc(OC(F)(F)F)c2)c(C)c1C(=O)N1CCC(N2CCC[C@H]2C)CC1. The molecule has 32 heavy (non-hydrogen) atoms. The van der Waals surface area contributed by atoms with Gasteiger partial charge in [0, 0.05) is 31.2 Å². The highest BCUT2D eigenvalue weighted by molar-refractivity contribution is 5.96. The largest absolute Gasteiger partial charge is 0.573 e. The Hall–Kier alpha value is -2.55. The predicted octanol–water partition coefficient (Wildman–Crippen LogP) is 4.48. The standard InChI is InChI=1S/C23H29F3N4O2/c1-15-6-5-11-29(15)18-9-12-28(13-10-18)22(31)21-16(2)27-30(17(21)3)19-7-4-8-20(14-19)32-23(24,25)26/h4,7-8,14-15,18H,5-6,9-13H2,1-3H3/t15-/m1/s1. The van der Waals surface area contributed by atoms with Gasteiger partial charge in [-0.05, 0) is 65.1 Å².